The molecule has 52 heteroatoms. The van der Waals surface area contributed by atoms with Crippen LogP contribution in [0.15, 0.2) is 0 Å². The Bertz CT molecular complexity index is 3030. The predicted octanol–water partition coefficient (Wildman–Crippen LogP) is -21.5. The first-order chi connectivity index (χ1) is 54.8. The standard InChI is InChI=1S/C64H108N2O50/c1-13-27(75)37(85)42(90)57(101-13)99-12-24-50(35(83)25(55(97)102-24)65-14(2)73)111-56-26(66-15(3)74)36(84)49(21(9-72)108-56)112-63-48(96)53(115-61-45(93)40(88)30(78)18(6-69)105-61)34(82)23(110-63)10-98-58-46(94)52(114-60-44(92)39(87)29(77)17(5-68)104-60)33(81)22(109-58)11-100-64-54(41(89)31(79)19(7-70)107-64)116-62-47(95)51(32(80)20(8-71)106-62)113-59-43(91)38(86)28(76)16(4-67)103-59/h13,16-64,67-72,75-97H,4-12H2,1-3H3,(H,65,73)(H,66,74)/t13-,16+,17+,18+,19+,20+,21+,22+,23+,24+,25+,26+,27+,28+,29+,30+,31+,32+,33+,34+,35+,36+,37+,38-,39-,40-,41-,42-,43+,44-,45-,46-,47-,48-,49+,50+,51-,52-,53-,54-,55?,56-,57+,58-,59+,60+,61+,62+,63-,64-/m0/s1. The summed E-state index contributed by atoms with van der Waals surface area (Å²) < 4.78 is 110. The molecule has 0 aromatic heterocycles. The molecule has 1 unspecified atom stereocenters. The Morgan fingerprint density at radius 1 is 0.241 bits per heavy atom. The summed E-state index contributed by atoms with van der Waals surface area (Å²) >= 11 is 0. The maximum absolute atomic E-state index is 13.1. The van der Waals surface area contributed by atoms with Crippen LogP contribution in [0.5, 0.6) is 0 Å². The Balaban J connectivity index is 0.928. The zero-order valence-electron chi connectivity index (χ0n) is 61.8. The third-order valence-electron chi connectivity index (χ3n) is 21.6. The molecule has 0 spiro atoms. The molecule has 10 saturated heterocycles. The fraction of sp³-hybridized carbons (Fsp3) is 0.969. The number of nitrogens with one attached hydrogen (secondary N) is 2. The fourth-order valence-corrected chi connectivity index (χ4v) is 14.9. The fourth-order valence-electron chi connectivity index (χ4n) is 14.9. The molecule has 0 radical (unpaired) electrons. The van der Waals surface area contributed by atoms with Gasteiger partial charge >= 0.3 is 0 Å². The number of carbonyl (C=O) groups is 2. The highest BCUT2D eigenvalue weighted by atomic mass is 16.8. The van der Waals surface area contributed by atoms with Crippen molar-refractivity contribution in [3.63, 3.8) is 0 Å². The predicted molar refractivity (Wildman–Crippen MR) is 351 cm³/mol. The van der Waals surface area contributed by atoms with Crippen LogP contribution in [-0.4, -0.2) is 526 Å². The molecule has 0 saturated carbocycles. The van der Waals surface area contributed by atoms with E-state index in [2.05, 4.69) is 10.6 Å². The highest BCUT2D eigenvalue weighted by molar-refractivity contribution is 5.73. The van der Waals surface area contributed by atoms with Crippen LogP contribution in [0, 0.1) is 0 Å². The van der Waals surface area contributed by atoms with Crippen LogP contribution in [0.4, 0.5) is 0 Å². The lowest BCUT2D eigenvalue weighted by molar-refractivity contribution is -0.393. The maximum Gasteiger partial charge on any atom is 0.217 e. The van der Waals surface area contributed by atoms with Gasteiger partial charge in [-0.1, -0.05) is 0 Å². The molecule has 31 N–H and O–H groups in total. The molecule has 0 aromatic carbocycles. The first-order valence-corrected chi connectivity index (χ1v) is 37.0. The van der Waals surface area contributed by atoms with Crippen LogP contribution < -0.4 is 10.6 Å². The van der Waals surface area contributed by atoms with Gasteiger partial charge in [0.15, 0.2) is 62.9 Å². The smallest absolute Gasteiger partial charge is 0.217 e. The first-order valence-electron chi connectivity index (χ1n) is 37.0. The average molecular weight is 1710 g/mol. The molecule has 674 valence electrons. The topological polar surface area (TPSA) is 820 Å². The van der Waals surface area contributed by atoms with Gasteiger partial charge in [-0.2, -0.15) is 0 Å². The molecule has 0 bridgehead atoms. The summed E-state index contributed by atoms with van der Waals surface area (Å²) in [7, 11) is 0. The third-order valence-corrected chi connectivity index (χ3v) is 21.6. The summed E-state index contributed by atoms with van der Waals surface area (Å²) in [6.07, 6.45) is -99.3. The largest absolute Gasteiger partial charge is 0.394 e. The summed E-state index contributed by atoms with van der Waals surface area (Å²) in [5.41, 5.74) is 0. The SMILES string of the molecule is CC(=O)N[C@H]1[C@H](O[C@H]2[C@H](O)[C@@H](NC(C)=O)C(O)O[C@@H]2CO[C@@H]2O[C@@H](C)[C@@H](O)[C@@H](O)[C@@H]2O)O[C@H](CO)[C@@H](O[C@@H]2O[C@H](CO[C@H]3O[C@H](CO[C@H]4O[C@H](CO)[C@@H](O)[C@H](O)[C@@H]4O[C@H]4O[C@H](CO)[C@@H](O)[C@H](O[C@H]5O[C@H](CO)[C@@H](O)[C@H](O)[C@H]5O)[C@@H]4O)[C@@H](O)[C@H](O[C@H]4O[C@H](CO)[C@@H](O)[C@H](O)[C@@H]4O)[C@@H]3O)[C@@H](O)[C@H](O[C@H]3O[C@H](CO)[C@@H](O)[C@H](O)[C@@H]3O)[C@@H]2O)[C@@H]1O. The van der Waals surface area contributed by atoms with Crippen LogP contribution in [0.2, 0.25) is 0 Å². The van der Waals surface area contributed by atoms with E-state index >= 15 is 0 Å². The number of ether oxygens (including phenoxy) is 19. The molecule has 10 rings (SSSR count). The molecule has 10 fully saturated rings. The van der Waals surface area contributed by atoms with Gasteiger partial charge < -0.3 is 249 Å². The van der Waals surface area contributed by atoms with Gasteiger partial charge in [0, 0.05) is 13.8 Å². The first kappa shape index (κ1) is 95.3. The summed E-state index contributed by atoms with van der Waals surface area (Å²) in [5.74, 6) is -1.79. The monoisotopic (exact) mass is 1700 g/mol. The van der Waals surface area contributed by atoms with Crippen molar-refractivity contribution in [2.24, 2.45) is 0 Å². The summed E-state index contributed by atoms with van der Waals surface area (Å²) in [6.45, 7) is -6.43. The minimum atomic E-state index is -2.48. The average Bonchev–Trinajstić information content (AvgIpc) is 0.774. The molecule has 0 aliphatic carbocycles. The van der Waals surface area contributed by atoms with E-state index < -0.39 is 378 Å². The van der Waals surface area contributed by atoms with Gasteiger partial charge in [-0.05, 0) is 6.92 Å². The van der Waals surface area contributed by atoms with Crippen molar-refractivity contribution in [1.82, 2.24) is 10.6 Å². The maximum atomic E-state index is 13.1. The second kappa shape index (κ2) is 41.2. The van der Waals surface area contributed by atoms with Crippen molar-refractivity contribution in [1.29, 1.82) is 0 Å². The summed E-state index contributed by atoms with van der Waals surface area (Å²) in [4.78, 5) is 25.5. The third kappa shape index (κ3) is 20.5. The lowest BCUT2D eigenvalue weighted by Crippen LogP contribution is -2.70. The Kier molecular flexibility index (Phi) is 33.8. The number of rotatable bonds is 29. The normalized spacial score (nSPS) is 51.8. The second-order valence-electron chi connectivity index (χ2n) is 29.6. The molecule has 52 nitrogen and oxygen atoms in total. The molecule has 10 aliphatic rings. The van der Waals surface area contributed by atoms with Crippen LogP contribution in [0.1, 0.15) is 20.8 Å². The molecular formula is C64H108N2O50. The molecule has 50 atom stereocenters. The summed E-state index contributed by atoms with van der Waals surface area (Å²) in [5, 5.41) is 324. The van der Waals surface area contributed by atoms with E-state index in [1.807, 2.05) is 0 Å². The van der Waals surface area contributed by atoms with Gasteiger partial charge in [0.25, 0.3) is 0 Å². The van der Waals surface area contributed by atoms with Crippen LogP contribution in [0.3, 0.4) is 0 Å². The quantitative estimate of drug-likeness (QED) is 0.0331. The van der Waals surface area contributed by atoms with E-state index in [1.165, 1.54) is 6.92 Å². The van der Waals surface area contributed by atoms with E-state index in [0.29, 0.717) is 0 Å². The van der Waals surface area contributed by atoms with Crippen LogP contribution >= 0.6 is 0 Å². The van der Waals surface area contributed by atoms with E-state index in [0.717, 1.165) is 13.8 Å². The minimum absolute atomic E-state index is 0.827. The van der Waals surface area contributed by atoms with E-state index in [1.54, 1.807) is 0 Å². The van der Waals surface area contributed by atoms with Crippen molar-refractivity contribution >= 4 is 11.8 Å². The Labute approximate surface area is 655 Å². The number of amides is 2. The molecule has 10 aliphatic heterocycles. The van der Waals surface area contributed by atoms with Gasteiger partial charge in [0.1, 0.15) is 238 Å². The molecule has 10 heterocycles. The second-order valence-corrected chi connectivity index (χ2v) is 29.6. The van der Waals surface area contributed by atoms with Crippen molar-refractivity contribution in [3.05, 3.63) is 0 Å². The number of aliphatic hydroxyl groups excluding tert-OH is 29. The summed E-state index contributed by atoms with van der Waals surface area (Å²) in [6, 6.07) is -3.70. The van der Waals surface area contributed by atoms with Gasteiger partial charge in [-0.15, -0.1) is 0 Å². The number of hydrogen-bond donors (Lipinski definition) is 31. The highest BCUT2D eigenvalue weighted by Gasteiger charge is 2.61. The molecule has 0 aromatic rings. The van der Waals surface area contributed by atoms with Gasteiger partial charge in [-0.3, -0.25) is 9.59 Å². The van der Waals surface area contributed by atoms with Gasteiger partial charge in [-0.25, -0.2) is 0 Å². The lowest BCUT2D eigenvalue weighted by atomic mass is 9.93. The van der Waals surface area contributed by atoms with E-state index in [9.17, 15) is 158 Å². The van der Waals surface area contributed by atoms with E-state index in [4.69, 9.17) is 90.0 Å². The van der Waals surface area contributed by atoms with Crippen molar-refractivity contribution in [3.8, 4) is 0 Å². The highest BCUT2D eigenvalue weighted by Crippen LogP contribution is 2.40. The van der Waals surface area contributed by atoms with Gasteiger partial charge in [0.2, 0.25) is 11.8 Å². The van der Waals surface area contributed by atoms with Crippen molar-refractivity contribution in [2.75, 3.05) is 59.5 Å². The van der Waals surface area contributed by atoms with Crippen LogP contribution in [0.25, 0.3) is 0 Å². The Morgan fingerprint density at radius 3 is 0.948 bits per heavy atom. The lowest BCUT2D eigenvalue weighted by Gasteiger charge is -2.50. The van der Waals surface area contributed by atoms with Crippen molar-refractivity contribution in [2.45, 2.75) is 328 Å². The zero-order valence-corrected chi connectivity index (χ0v) is 61.8. The van der Waals surface area contributed by atoms with Gasteiger partial charge in [0.05, 0.1) is 65.6 Å². The van der Waals surface area contributed by atoms with Crippen molar-refractivity contribution < 1.29 is 248 Å². The number of hydrogen-bond acceptors (Lipinski definition) is 50. The Morgan fingerprint density at radius 2 is 0.517 bits per heavy atom. The number of aliphatic hydroxyl groups is 29. The molecular weight excluding hydrogens is 1600 g/mol. The van der Waals surface area contributed by atoms with E-state index in [-0.39, 0.29) is 0 Å². The molecule has 2 amide bonds. The Hall–Kier alpha value is -2.98. The molecule has 116 heavy (non-hydrogen) atoms. The minimum Gasteiger partial charge on any atom is -0.394 e. The van der Waals surface area contributed by atoms with Crippen LogP contribution in [-0.2, 0) is 99.6 Å². The zero-order chi connectivity index (χ0) is 85.2. The number of carbonyl (C=O) groups excluding carboxylic acids is 2.